The lowest BCUT2D eigenvalue weighted by Crippen LogP contribution is -2.22. The molecule has 0 unspecified atom stereocenters. The van der Waals surface area contributed by atoms with Crippen LogP contribution in [-0.4, -0.2) is 27.3 Å². The smallest absolute Gasteiger partial charge is 0.178 e. The summed E-state index contributed by atoms with van der Waals surface area (Å²) >= 11 is 0. The molecule has 4 heteroatoms. The van der Waals surface area contributed by atoms with Gasteiger partial charge in [0.2, 0.25) is 0 Å². The number of ether oxygens (including phenoxy) is 2. The van der Waals surface area contributed by atoms with Crippen LogP contribution >= 0.6 is 0 Å². The number of hydrogen-bond donors (Lipinski definition) is 1. The lowest BCUT2D eigenvalue weighted by Gasteiger charge is -2.15. The van der Waals surface area contributed by atoms with Crippen LogP contribution in [-0.2, 0) is 6.42 Å². The van der Waals surface area contributed by atoms with E-state index in [0.29, 0.717) is 23.0 Å². The average Bonchev–Trinajstić information content (AvgIpc) is 2.64. The molecule has 126 valence electrons. The van der Waals surface area contributed by atoms with Crippen molar-refractivity contribution in [3.63, 3.8) is 0 Å². The molecular weight excluding hydrogens is 300 g/mol. The van der Waals surface area contributed by atoms with E-state index in [2.05, 4.69) is 42.6 Å². The molecule has 0 saturated carbocycles. The molecule has 0 aliphatic carbocycles. The number of nitrogens with one attached hydrogen (secondary N) is 1. The van der Waals surface area contributed by atoms with E-state index in [0.717, 1.165) is 25.1 Å². The van der Waals surface area contributed by atoms with Crippen molar-refractivity contribution >= 4 is 0 Å². The summed E-state index contributed by atoms with van der Waals surface area (Å²) in [4.78, 5) is 0. The van der Waals surface area contributed by atoms with Crippen LogP contribution in [0.1, 0.15) is 29.5 Å². The molecule has 0 saturated heterocycles. The van der Waals surface area contributed by atoms with Crippen LogP contribution in [0.15, 0.2) is 42.5 Å². The number of benzene rings is 2. The molecule has 1 atom stereocenters. The molecule has 24 heavy (non-hydrogen) atoms. The fraction of sp³-hybridized carbons (Fsp3) is 0.350. The molecule has 0 fully saturated rings. The first kappa shape index (κ1) is 17.8. The third kappa shape index (κ3) is 4.27. The Bertz CT molecular complexity index is 693. The average molecular weight is 324 g/mol. The number of hydrogen-bond acceptors (Lipinski definition) is 4. The van der Waals surface area contributed by atoms with Crippen LogP contribution in [0.5, 0.6) is 11.5 Å². The molecule has 2 aromatic carbocycles. The zero-order valence-corrected chi connectivity index (χ0v) is 14.5. The van der Waals surface area contributed by atoms with Crippen molar-refractivity contribution in [1.29, 1.82) is 5.26 Å². The summed E-state index contributed by atoms with van der Waals surface area (Å²) in [5.74, 6) is 1.55. The van der Waals surface area contributed by atoms with E-state index in [9.17, 15) is 5.26 Å². The van der Waals surface area contributed by atoms with Gasteiger partial charge >= 0.3 is 0 Å². The molecule has 0 amide bonds. The summed E-state index contributed by atoms with van der Waals surface area (Å²) in [6.07, 6.45) is 0.769. The van der Waals surface area contributed by atoms with Crippen molar-refractivity contribution in [2.45, 2.75) is 19.3 Å². The van der Waals surface area contributed by atoms with Crippen LogP contribution in [0, 0.1) is 11.3 Å². The van der Waals surface area contributed by atoms with E-state index in [1.807, 2.05) is 18.2 Å². The van der Waals surface area contributed by atoms with Crippen molar-refractivity contribution in [1.82, 2.24) is 5.32 Å². The maximum atomic E-state index is 9.44. The second-order valence-electron chi connectivity index (χ2n) is 5.71. The Morgan fingerprint density at radius 1 is 1.08 bits per heavy atom. The molecule has 0 heterocycles. The lowest BCUT2D eigenvalue weighted by molar-refractivity contribution is 0.353. The zero-order valence-electron chi connectivity index (χ0n) is 14.5. The molecule has 1 N–H and O–H groups in total. The van der Waals surface area contributed by atoms with Gasteiger partial charge < -0.3 is 14.8 Å². The minimum absolute atomic E-state index is 0.451. The van der Waals surface area contributed by atoms with Gasteiger partial charge in [-0.05, 0) is 36.1 Å². The maximum Gasteiger partial charge on any atom is 0.178 e. The second-order valence-corrected chi connectivity index (χ2v) is 5.71. The van der Waals surface area contributed by atoms with Crippen molar-refractivity contribution in [2.24, 2.45) is 0 Å². The molecular formula is C20H24N2O2. The molecule has 0 aliphatic rings. The van der Waals surface area contributed by atoms with Crippen molar-refractivity contribution in [3.8, 4) is 17.6 Å². The Labute approximate surface area is 144 Å². The monoisotopic (exact) mass is 324 g/mol. The Morgan fingerprint density at radius 2 is 1.83 bits per heavy atom. The highest BCUT2D eigenvalue weighted by Gasteiger charge is 2.14. The molecule has 0 aliphatic heterocycles. The summed E-state index contributed by atoms with van der Waals surface area (Å²) in [6.45, 7) is 3.92. The number of nitrogens with zero attached hydrogens (tertiary/aromatic N) is 1. The van der Waals surface area contributed by atoms with Gasteiger partial charge in [0.05, 0.1) is 14.2 Å². The molecule has 2 aromatic rings. The zero-order chi connectivity index (χ0) is 17.4. The summed E-state index contributed by atoms with van der Waals surface area (Å²) in [5.41, 5.74) is 2.85. The van der Waals surface area contributed by atoms with Crippen LogP contribution in [0.25, 0.3) is 0 Å². The standard InChI is InChI=1S/C20H24N2O2/c1-15(16-7-5-4-6-8-16)14-22-12-11-17-9-10-19(23-2)20(24-3)18(17)13-21/h4-10,15,22H,11-12,14H2,1-3H3/t15-/m1/s1. The number of rotatable bonds is 8. The first-order valence-electron chi connectivity index (χ1n) is 8.10. The lowest BCUT2D eigenvalue weighted by atomic mass is 10.0. The van der Waals surface area contributed by atoms with Crippen LogP contribution < -0.4 is 14.8 Å². The fourth-order valence-corrected chi connectivity index (χ4v) is 2.74. The molecule has 0 aromatic heterocycles. The maximum absolute atomic E-state index is 9.44. The Hall–Kier alpha value is -2.51. The normalized spacial score (nSPS) is 11.6. The van der Waals surface area contributed by atoms with E-state index >= 15 is 0 Å². The first-order chi connectivity index (χ1) is 11.7. The molecule has 2 rings (SSSR count). The van der Waals surface area contributed by atoms with E-state index < -0.39 is 0 Å². The largest absolute Gasteiger partial charge is 0.493 e. The van der Waals surface area contributed by atoms with Gasteiger partial charge in [-0.3, -0.25) is 0 Å². The molecule has 0 spiro atoms. The van der Waals surface area contributed by atoms with Gasteiger partial charge in [-0.25, -0.2) is 0 Å². The van der Waals surface area contributed by atoms with Gasteiger partial charge in [0.15, 0.2) is 11.5 Å². The quantitative estimate of drug-likeness (QED) is 0.755. The Kier molecular flexibility index (Phi) is 6.65. The van der Waals surface area contributed by atoms with E-state index in [-0.39, 0.29) is 0 Å². The first-order valence-corrected chi connectivity index (χ1v) is 8.10. The highest BCUT2D eigenvalue weighted by atomic mass is 16.5. The van der Waals surface area contributed by atoms with Gasteiger partial charge in [0.1, 0.15) is 11.6 Å². The predicted octanol–water partition coefficient (Wildman–Crippen LogP) is 3.51. The third-order valence-corrected chi connectivity index (χ3v) is 4.13. The molecule has 4 nitrogen and oxygen atoms in total. The number of methoxy groups -OCH3 is 2. The summed E-state index contributed by atoms with van der Waals surface area (Å²) in [5, 5.41) is 12.9. The van der Waals surface area contributed by atoms with E-state index in [4.69, 9.17) is 9.47 Å². The third-order valence-electron chi connectivity index (χ3n) is 4.13. The molecule has 0 bridgehead atoms. The number of nitriles is 1. The van der Waals surface area contributed by atoms with Gasteiger partial charge in [-0.15, -0.1) is 0 Å². The second kappa shape index (κ2) is 8.95. The van der Waals surface area contributed by atoms with Crippen LogP contribution in [0.2, 0.25) is 0 Å². The van der Waals surface area contributed by atoms with Gasteiger partial charge in [0.25, 0.3) is 0 Å². The summed E-state index contributed by atoms with van der Waals surface area (Å²) in [6, 6.07) is 16.5. The van der Waals surface area contributed by atoms with E-state index in [1.54, 1.807) is 14.2 Å². The van der Waals surface area contributed by atoms with Gasteiger partial charge in [-0.2, -0.15) is 5.26 Å². The Morgan fingerprint density at radius 3 is 2.46 bits per heavy atom. The minimum atomic E-state index is 0.451. The van der Waals surface area contributed by atoms with E-state index in [1.165, 1.54) is 5.56 Å². The summed E-state index contributed by atoms with van der Waals surface area (Å²) < 4.78 is 10.6. The predicted molar refractivity (Wildman–Crippen MR) is 95.7 cm³/mol. The van der Waals surface area contributed by atoms with Gasteiger partial charge in [0, 0.05) is 6.54 Å². The van der Waals surface area contributed by atoms with Crippen molar-refractivity contribution < 1.29 is 9.47 Å². The summed E-state index contributed by atoms with van der Waals surface area (Å²) in [7, 11) is 3.13. The SMILES string of the molecule is COc1ccc(CCNC[C@@H](C)c2ccccc2)c(C#N)c1OC. The molecule has 0 radical (unpaired) electrons. The van der Waals surface area contributed by atoms with Crippen LogP contribution in [0.4, 0.5) is 0 Å². The van der Waals surface area contributed by atoms with Crippen molar-refractivity contribution in [3.05, 3.63) is 59.2 Å². The Balaban J connectivity index is 1.94. The topological polar surface area (TPSA) is 54.3 Å². The fourth-order valence-electron chi connectivity index (χ4n) is 2.74. The van der Waals surface area contributed by atoms with Crippen LogP contribution in [0.3, 0.4) is 0 Å². The minimum Gasteiger partial charge on any atom is -0.493 e. The van der Waals surface area contributed by atoms with Crippen molar-refractivity contribution in [2.75, 3.05) is 27.3 Å². The van der Waals surface area contributed by atoms with Gasteiger partial charge in [-0.1, -0.05) is 43.3 Å². The highest BCUT2D eigenvalue weighted by molar-refractivity contribution is 5.56. The highest BCUT2D eigenvalue weighted by Crippen LogP contribution is 2.33.